The van der Waals surface area contributed by atoms with Gasteiger partial charge in [-0.25, -0.2) is 8.42 Å². The number of hydrogen-bond acceptors (Lipinski definition) is 5. The van der Waals surface area contributed by atoms with Crippen molar-refractivity contribution in [1.82, 2.24) is 10.2 Å². The molecular weight excluding hydrogens is 402 g/mol. The van der Waals surface area contributed by atoms with Gasteiger partial charge in [-0.15, -0.1) is 0 Å². The number of ether oxygens (including phenoxy) is 1. The summed E-state index contributed by atoms with van der Waals surface area (Å²) in [6.07, 6.45) is 3.12. The van der Waals surface area contributed by atoms with E-state index in [1.54, 1.807) is 6.07 Å². The number of nitrogens with zero attached hydrogens (tertiary/aromatic N) is 1. The average molecular weight is 432 g/mol. The number of carbonyl (C=O) groups is 1. The molecule has 0 bridgehead atoms. The number of amides is 1. The predicted octanol–water partition coefficient (Wildman–Crippen LogP) is 2.58. The molecular formula is C19H30ClN3O4S. The van der Waals surface area contributed by atoms with Crippen molar-refractivity contribution in [2.24, 2.45) is 5.92 Å². The molecule has 0 radical (unpaired) electrons. The van der Waals surface area contributed by atoms with Crippen LogP contribution in [0.3, 0.4) is 0 Å². The molecule has 0 aromatic heterocycles. The van der Waals surface area contributed by atoms with Crippen LogP contribution in [0.1, 0.15) is 37.0 Å². The lowest BCUT2D eigenvalue weighted by molar-refractivity contribution is 0.00191. The second kappa shape index (κ2) is 10.4. The molecule has 1 atom stereocenters. The fraction of sp³-hybridized carbons (Fsp3) is 0.632. The van der Waals surface area contributed by atoms with Crippen molar-refractivity contribution in [3.05, 3.63) is 28.8 Å². The van der Waals surface area contributed by atoms with Crippen molar-refractivity contribution < 1.29 is 17.9 Å². The van der Waals surface area contributed by atoms with Crippen molar-refractivity contribution in [2.45, 2.75) is 32.7 Å². The lowest BCUT2D eigenvalue weighted by Gasteiger charge is -2.38. The van der Waals surface area contributed by atoms with E-state index in [-0.39, 0.29) is 22.7 Å². The van der Waals surface area contributed by atoms with Crippen molar-refractivity contribution in [2.75, 3.05) is 43.8 Å². The Bertz CT molecular complexity index is 762. The number of nitrogens with one attached hydrogen (secondary N) is 2. The van der Waals surface area contributed by atoms with Gasteiger partial charge in [0.1, 0.15) is 0 Å². The number of hydrogen-bond donors (Lipinski definition) is 2. The first-order valence-electron chi connectivity index (χ1n) is 9.62. The second-order valence-corrected chi connectivity index (χ2v) is 9.23. The summed E-state index contributed by atoms with van der Waals surface area (Å²) in [6.45, 7) is 8.02. The van der Waals surface area contributed by atoms with E-state index in [2.05, 4.69) is 28.8 Å². The Labute approximate surface area is 172 Å². The summed E-state index contributed by atoms with van der Waals surface area (Å²) in [5.74, 6) is 0.225. The smallest absolute Gasteiger partial charge is 0.251 e. The summed E-state index contributed by atoms with van der Waals surface area (Å²) in [5.41, 5.74) is 0.558. The second-order valence-electron chi connectivity index (χ2n) is 7.07. The van der Waals surface area contributed by atoms with Crippen LogP contribution in [-0.2, 0) is 14.8 Å². The van der Waals surface area contributed by atoms with Crippen LogP contribution in [0.15, 0.2) is 18.2 Å². The largest absolute Gasteiger partial charge is 0.379 e. The highest BCUT2D eigenvalue weighted by molar-refractivity contribution is 7.92. The molecule has 1 amide bonds. The molecule has 1 heterocycles. The summed E-state index contributed by atoms with van der Waals surface area (Å²) in [4.78, 5) is 15.1. The molecule has 7 nitrogen and oxygen atoms in total. The van der Waals surface area contributed by atoms with E-state index in [1.165, 1.54) is 12.1 Å². The van der Waals surface area contributed by atoms with Crippen LogP contribution in [0.25, 0.3) is 0 Å². The molecule has 1 aliphatic heterocycles. The van der Waals surface area contributed by atoms with Crippen molar-refractivity contribution in [3.8, 4) is 0 Å². The number of benzene rings is 1. The number of anilines is 1. The molecule has 2 rings (SSSR count). The van der Waals surface area contributed by atoms with Gasteiger partial charge in [-0.3, -0.25) is 14.4 Å². The third-order valence-corrected chi connectivity index (χ3v) is 6.02. The molecule has 0 saturated carbocycles. The van der Waals surface area contributed by atoms with Crippen LogP contribution < -0.4 is 10.0 Å². The first kappa shape index (κ1) is 22.9. The van der Waals surface area contributed by atoms with Gasteiger partial charge in [-0.1, -0.05) is 38.3 Å². The van der Waals surface area contributed by atoms with E-state index in [9.17, 15) is 13.2 Å². The Hall–Kier alpha value is -1.35. The van der Waals surface area contributed by atoms with Crippen LogP contribution >= 0.6 is 11.6 Å². The fourth-order valence-electron chi connectivity index (χ4n) is 3.58. The summed E-state index contributed by atoms with van der Waals surface area (Å²) in [6, 6.07) is 4.80. The number of halogens is 1. The van der Waals surface area contributed by atoms with Crippen molar-refractivity contribution >= 4 is 33.2 Å². The normalized spacial score (nSPS) is 16.8. The molecule has 1 unspecified atom stereocenters. The van der Waals surface area contributed by atoms with E-state index in [1.807, 2.05) is 0 Å². The van der Waals surface area contributed by atoms with Crippen LogP contribution in [0, 0.1) is 5.92 Å². The van der Waals surface area contributed by atoms with E-state index < -0.39 is 10.0 Å². The summed E-state index contributed by atoms with van der Waals surface area (Å²) in [7, 11) is -3.49. The van der Waals surface area contributed by atoms with Crippen LogP contribution in [0.5, 0.6) is 0 Å². The van der Waals surface area contributed by atoms with E-state index >= 15 is 0 Å². The van der Waals surface area contributed by atoms with Gasteiger partial charge in [0.05, 0.1) is 30.2 Å². The van der Waals surface area contributed by atoms with Crippen LogP contribution in [0.2, 0.25) is 5.02 Å². The van der Waals surface area contributed by atoms with Crippen LogP contribution in [-0.4, -0.2) is 64.4 Å². The Morgan fingerprint density at radius 1 is 1.25 bits per heavy atom. The standard InChI is InChI=1S/C19H30ClN3O4S/c1-4-14(5-2)18(23-8-10-27-11-9-23)13-21-19(24)15-6-7-16(20)17(12-15)22-28(3,25)26/h6-7,12,14,18,22H,4-5,8-11,13H2,1-3H3,(H,21,24). The number of morpholine rings is 1. The van der Waals surface area contributed by atoms with Gasteiger partial charge in [0.25, 0.3) is 5.91 Å². The minimum Gasteiger partial charge on any atom is -0.379 e. The SMILES string of the molecule is CCC(CC)C(CNC(=O)c1ccc(Cl)c(NS(C)(=O)=O)c1)N1CCOCC1. The number of rotatable bonds is 9. The number of sulfonamides is 1. The third kappa shape index (κ3) is 6.62. The highest BCUT2D eigenvalue weighted by Crippen LogP contribution is 2.24. The van der Waals surface area contributed by atoms with Gasteiger partial charge in [0, 0.05) is 31.2 Å². The van der Waals surface area contributed by atoms with Gasteiger partial charge >= 0.3 is 0 Å². The van der Waals surface area contributed by atoms with Crippen LogP contribution in [0.4, 0.5) is 5.69 Å². The minimum absolute atomic E-state index is 0.196. The first-order valence-corrected chi connectivity index (χ1v) is 11.9. The summed E-state index contributed by atoms with van der Waals surface area (Å²) in [5, 5.41) is 3.25. The van der Waals surface area contributed by atoms with Gasteiger partial charge in [0.15, 0.2) is 0 Å². The van der Waals surface area contributed by atoms with Gasteiger partial charge in [-0.05, 0) is 24.1 Å². The first-order chi connectivity index (χ1) is 13.2. The maximum Gasteiger partial charge on any atom is 0.251 e. The zero-order valence-electron chi connectivity index (χ0n) is 16.7. The molecule has 1 saturated heterocycles. The maximum absolute atomic E-state index is 12.7. The zero-order chi connectivity index (χ0) is 20.7. The Morgan fingerprint density at radius 2 is 1.89 bits per heavy atom. The summed E-state index contributed by atoms with van der Waals surface area (Å²) >= 11 is 6.04. The molecule has 1 fully saturated rings. The lowest BCUT2D eigenvalue weighted by atomic mass is 9.92. The molecule has 1 aromatic rings. The lowest BCUT2D eigenvalue weighted by Crippen LogP contribution is -2.52. The van der Waals surface area contributed by atoms with Gasteiger partial charge < -0.3 is 10.1 Å². The average Bonchev–Trinajstić information content (AvgIpc) is 2.66. The Kier molecular flexibility index (Phi) is 8.55. The Morgan fingerprint density at radius 3 is 2.46 bits per heavy atom. The molecule has 1 aliphatic rings. The Balaban J connectivity index is 2.10. The van der Waals surface area contributed by atoms with E-state index in [0.29, 0.717) is 31.2 Å². The molecule has 0 spiro atoms. The quantitative estimate of drug-likeness (QED) is 0.627. The molecule has 158 valence electrons. The number of carbonyl (C=O) groups excluding carboxylic acids is 1. The monoisotopic (exact) mass is 431 g/mol. The van der Waals surface area contributed by atoms with Crippen molar-refractivity contribution in [3.63, 3.8) is 0 Å². The highest BCUT2D eigenvalue weighted by Gasteiger charge is 2.27. The fourth-order valence-corrected chi connectivity index (χ4v) is 4.37. The molecule has 1 aromatic carbocycles. The van der Waals surface area contributed by atoms with E-state index in [4.69, 9.17) is 16.3 Å². The van der Waals surface area contributed by atoms with Crippen molar-refractivity contribution in [1.29, 1.82) is 0 Å². The minimum atomic E-state index is -3.49. The third-order valence-electron chi connectivity index (χ3n) is 5.10. The molecule has 9 heteroatoms. The molecule has 28 heavy (non-hydrogen) atoms. The molecule has 2 N–H and O–H groups in total. The van der Waals surface area contributed by atoms with Gasteiger partial charge in [0.2, 0.25) is 10.0 Å². The highest BCUT2D eigenvalue weighted by atomic mass is 35.5. The molecule has 0 aliphatic carbocycles. The predicted molar refractivity (Wildman–Crippen MR) is 113 cm³/mol. The van der Waals surface area contributed by atoms with E-state index in [0.717, 1.165) is 32.2 Å². The summed E-state index contributed by atoms with van der Waals surface area (Å²) < 4.78 is 30.8. The maximum atomic E-state index is 12.7. The van der Waals surface area contributed by atoms with Gasteiger partial charge in [-0.2, -0.15) is 0 Å². The topological polar surface area (TPSA) is 87.7 Å². The zero-order valence-corrected chi connectivity index (χ0v) is 18.3.